The normalized spacial score (nSPS) is 16.0. The van der Waals surface area contributed by atoms with E-state index in [0.29, 0.717) is 41.8 Å². The lowest BCUT2D eigenvalue weighted by atomic mass is 10.0. The average molecular weight is 526 g/mol. The Hall–Kier alpha value is -4.24. The van der Waals surface area contributed by atoms with Crippen LogP contribution < -0.4 is 15.8 Å². The number of carbonyl (C=O) groups is 1. The first kappa shape index (κ1) is 26.4. The smallest absolute Gasteiger partial charge is 0.246 e. The van der Waals surface area contributed by atoms with Gasteiger partial charge in [0, 0.05) is 43.4 Å². The van der Waals surface area contributed by atoms with Crippen LogP contribution in [0.15, 0.2) is 73.1 Å². The van der Waals surface area contributed by atoms with Gasteiger partial charge in [-0.1, -0.05) is 24.3 Å². The number of hydrogen-bond donors (Lipinski definition) is 3. The number of nitrogens with zero attached hydrogens (tertiary/aromatic N) is 4. The van der Waals surface area contributed by atoms with Gasteiger partial charge < -0.3 is 20.7 Å². The first-order valence-corrected chi connectivity index (χ1v) is 13.4. The summed E-state index contributed by atoms with van der Waals surface area (Å²) in [6, 6.07) is 17.7. The summed E-state index contributed by atoms with van der Waals surface area (Å²) in [7, 11) is 2.10. The van der Waals surface area contributed by atoms with Crippen molar-refractivity contribution in [1.29, 1.82) is 5.41 Å². The van der Waals surface area contributed by atoms with Gasteiger partial charge in [-0.25, -0.2) is 9.97 Å². The third-order valence-electron chi connectivity index (χ3n) is 7.22. The second kappa shape index (κ2) is 12.1. The zero-order chi connectivity index (χ0) is 27.2. The number of benzene rings is 2. The molecule has 1 saturated heterocycles. The van der Waals surface area contributed by atoms with Gasteiger partial charge in [-0.3, -0.25) is 15.1 Å². The van der Waals surface area contributed by atoms with E-state index < -0.39 is 0 Å². The van der Waals surface area contributed by atoms with Crippen LogP contribution in [0.3, 0.4) is 0 Å². The van der Waals surface area contributed by atoms with Crippen LogP contribution in [0.4, 0.5) is 11.6 Å². The van der Waals surface area contributed by atoms with E-state index in [0.717, 1.165) is 25.1 Å². The van der Waals surface area contributed by atoms with E-state index in [1.165, 1.54) is 19.2 Å². The fourth-order valence-electron chi connectivity index (χ4n) is 4.74. The lowest BCUT2D eigenvalue weighted by Crippen LogP contribution is -2.42. The van der Waals surface area contributed by atoms with Crippen LogP contribution in [0, 0.1) is 5.41 Å². The highest BCUT2D eigenvalue weighted by molar-refractivity contribution is 6.16. The minimum Gasteiger partial charge on any atom is -0.457 e. The number of likely N-dealkylation sites (tertiary alicyclic amines) is 1. The summed E-state index contributed by atoms with van der Waals surface area (Å²) in [5.41, 5.74) is 7.61. The molecule has 0 spiro atoms. The van der Waals surface area contributed by atoms with Crippen molar-refractivity contribution >= 4 is 23.3 Å². The third-order valence-corrected chi connectivity index (χ3v) is 7.22. The zero-order valence-electron chi connectivity index (χ0n) is 22.2. The number of amides is 1. The first-order valence-electron chi connectivity index (χ1n) is 13.4. The molecule has 1 aromatic heterocycles. The van der Waals surface area contributed by atoms with Gasteiger partial charge in [0.1, 0.15) is 29.5 Å². The summed E-state index contributed by atoms with van der Waals surface area (Å²) in [6.45, 7) is 2.13. The van der Waals surface area contributed by atoms with E-state index in [1.54, 1.807) is 6.08 Å². The molecule has 4 N–H and O–H groups in total. The van der Waals surface area contributed by atoms with Crippen LogP contribution in [0.25, 0.3) is 0 Å². The molecule has 0 unspecified atom stereocenters. The predicted molar refractivity (Wildman–Crippen MR) is 153 cm³/mol. The zero-order valence-corrected chi connectivity index (χ0v) is 22.2. The Morgan fingerprint density at radius 3 is 2.46 bits per heavy atom. The number of anilines is 2. The Bertz CT molecular complexity index is 1310. The maximum atomic E-state index is 12.6. The summed E-state index contributed by atoms with van der Waals surface area (Å²) >= 11 is 0. The highest BCUT2D eigenvalue weighted by Crippen LogP contribution is 2.27. The molecule has 0 bridgehead atoms. The Morgan fingerprint density at radius 1 is 1.08 bits per heavy atom. The van der Waals surface area contributed by atoms with Gasteiger partial charge in [-0.2, -0.15) is 0 Å². The van der Waals surface area contributed by atoms with Crippen molar-refractivity contribution in [2.75, 3.05) is 37.7 Å². The van der Waals surface area contributed by atoms with E-state index in [4.69, 9.17) is 15.9 Å². The number of carbonyl (C=O) groups excluding carboxylic acids is 1. The summed E-state index contributed by atoms with van der Waals surface area (Å²) in [4.78, 5) is 25.4. The molecule has 2 aliphatic rings. The Morgan fingerprint density at radius 2 is 1.77 bits per heavy atom. The Labute approximate surface area is 229 Å². The molecule has 202 valence electrons. The number of rotatable bonds is 10. The number of ether oxygens (including phenoxy) is 1. The number of piperidine rings is 1. The molecule has 9 nitrogen and oxygen atoms in total. The lowest BCUT2D eigenvalue weighted by Gasteiger charge is -2.32. The predicted octanol–water partition coefficient (Wildman–Crippen LogP) is 4.32. The van der Waals surface area contributed by atoms with Crippen molar-refractivity contribution in [3.8, 4) is 11.5 Å². The fourth-order valence-corrected chi connectivity index (χ4v) is 4.74. The molecular formula is C30H35N7O2. The Kier molecular flexibility index (Phi) is 8.17. The fraction of sp³-hybridized carbons (Fsp3) is 0.333. The topological polar surface area (TPSA) is 120 Å². The largest absolute Gasteiger partial charge is 0.457 e. The number of nitrogen functional groups attached to an aromatic ring is 1. The van der Waals surface area contributed by atoms with E-state index in [9.17, 15) is 4.79 Å². The van der Waals surface area contributed by atoms with Gasteiger partial charge in [-0.05, 0) is 69.1 Å². The van der Waals surface area contributed by atoms with E-state index in [1.807, 2.05) is 65.6 Å². The maximum absolute atomic E-state index is 12.6. The molecule has 2 heterocycles. The lowest BCUT2D eigenvalue weighted by molar-refractivity contribution is -0.126. The molecule has 39 heavy (non-hydrogen) atoms. The van der Waals surface area contributed by atoms with E-state index >= 15 is 0 Å². The molecule has 1 aliphatic heterocycles. The molecule has 1 saturated carbocycles. The van der Waals surface area contributed by atoms with Gasteiger partial charge in [0.05, 0.1) is 11.3 Å². The monoisotopic (exact) mass is 525 g/mol. The summed E-state index contributed by atoms with van der Waals surface area (Å²) in [6.07, 6.45) is 9.16. The molecule has 2 fully saturated rings. The van der Waals surface area contributed by atoms with E-state index in [2.05, 4.69) is 27.2 Å². The number of para-hydroxylation sites is 1. The summed E-state index contributed by atoms with van der Waals surface area (Å²) in [5, 5.41) is 12.3. The molecule has 0 atom stereocenters. The highest BCUT2D eigenvalue weighted by atomic mass is 16.5. The Balaban J connectivity index is 1.19. The molecule has 5 rings (SSSR count). The number of likely N-dealkylation sites (N-methyl/N-ethyl adjacent to an activating group) is 1. The quantitative estimate of drug-likeness (QED) is 0.266. The van der Waals surface area contributed by atoms with Crippen molar-refractivity contribution < 1.29 is 9.53 Å². The second-order valence-electron chi connectivity index (χ2n) is 10.1. The van der Waals surface area contributed by atoms with Crippen LogP contribution in [0.1, 0.15) is 36.8 Å². The number of nitrogens with two attached hydrogens (primary N) is 1. The summed E-state index contributed by atoms with van der Waals surface area (Å²) < 4.78 is 5.87. The van der Waals surface area contributed by atoms with Crippen molar-refractivity contribution in [2.24, 2.45) is 0 Å². The SMILES string of the molecule is CN(C/C=C/C(=O)N1CCC(Nc2ncnc(N)c2C(=N)c2ccc(Oc3ccccc3)cc2)CC1)C1CC1. The second-order valence-corrected chi connectivity index (χ2v) is 10.1. The number of nitrogens with one attached hydrogen (secondary N) is 2. The standard InChI is InChI=1S/C30H35N7O2/c1-36(23-11-12-23)17-5-8-26(38)37-18-15-22(16-19-37)35-30-27(29(32)33-20-34-30)28(31)21-9-13-25(14-10-21)39-24-6-3-2-4-7-24/h2-10,13-14,20,22-23,31H,11-12,15-19H2,1H3,(H3,32,33,34,35)/b8-5+,31-28?. The van der Waals surface area contributed by atoms with Crippen LogP contribution in [-0.2, 0) is 4.79 Å². The molecule has 1 aliphatic carbocycles. The third kappa shape index (κ3) is 6.80. The molecule has 9 heteroatoms. The van der Waals surface area contributed by atoms with Gasteiger partial charge in [0.2, 0.25) is 5.91 Å². The van der Waals surface area contributed by atoms with Crippen LogP contribution in [0.5, 0.6) is 11.5 Å². The molecule has 1 amide bonds. The first-order chi connectivity index (χ1) is 19.0. The van der Waals surface area contributed by atoms with Crippen molar-refractivity contribution in [2.45, 2.75) is 37.8 Å². The van der Waals surface area contributed by atoms with Crippen molar-refractivity contribution in [3.63, 3.8) is 0 Å². The minimum absolute atomic E-state index is 0.0612. The maximum Gasteiger partial charge on any atom is 0.246 e. The number of hydrogen-bond acceptors (Lipinski definition) is 8. The van der Waals surface area contributed by atoms with Crippen LogP contribution >= 0.6 is 0 Å². The molecule has 0 radical (unpaired) electrons. The van der Waals surface area contributed by atoms with Gasteiger partial charge in [-0.15, -0.1) is 0 Å². The van der Waals surface area contributed by atoms with Gasteiger partial charge >= 0.3 is 0 Å². The van der Waals surface area contributed by atoms with Gasteiger partial charge in [0.25, 0.3) is 0 Å². The minimum atomic E-state index is 0.0612. The molecule has 3 aromatic rings. The van der Waals surface area contributed by atoms with Crippen LogP contribution in [-0.4, -0.2) is 70.2 Å². The van der Waals surface area contributed by atoms with E-state index in [-0.39, 0.29) is 23.5 Å². The van der Waals surface area contributed by atoms with Crippen molar-refractivity contribution in [1.82, 2.24) is 19.8 Å². The highest BCUT2D eigenvalue weighted by Gasteiger charge is 2.26. The van der Waals surface area contributed by atoms with Gasteiger partial charge in [0.15, 0.2) is 0 Å². The summed E-state index contributed by atoms with van der Waals surface area (Å²) in [5.74, 6) is 2.27. The molecule has 2 aromatic carbocycles. The number of aromatic nitrogens is 2. The average Bonchev–Trinajstić information content (AvgIpc) is 3.80. The van der Waals surface area contributed by atoms with Crippen LogP contribution in [0.2, 0.25) is 0 Å². The van der Waals surface area contributed by atoms with Crippen molar-refractivity contribution in [3.05, 3.63) is 84.2 Å². The molecular weight excluding hydrogens is 490 g/mol.